The van der Waals surface area contributed by atoms with Crippen LogP contribution in [0.2, 0.25) is 0 Å². The number of benzene rings is 1. The van der Waals surface area contributed by atoms with Gasteiger partial charge in [0.05, 0.1) is 0 Å². The molecule has 0 aliphatic rings. The van der Waals surface area contributed by atoms with Crippen molar-refractivity contribution in [3.63, 3.8) is 0 Å². The molecule has 0 unspecified atom stereocenters. The van der Waals surface area contributed by atoms with Crippen molar-refractivity contribution in [2.45, 2.75) is 58.8 Å². The van der Waals surface area contributed by atoms with E-state index in [-0.39, 0.29) is 15.9 Å². The highest BCUT2D eigenvalue weighted by molar-refractivity contribution is 7.97. The molecule has 0 aliphatic heterocycles. The molecule has 1 aromatic rings. The van der Waals surface area contributed by atoms with E-state index in [0.29, 0.717) is 5.56 Å². The van der Waals surface area contributed by atoms with Crippen molar-refractivity contribution >= 4 is 17.7 Å². The van der Waals surface area contributed by atoms with Crippen molar-refractivity contribution in [2.24, 2.45) is 0 Å². The first-order chi connectivity index (χ1) is 8.08. The highest BCUT2D eigenvalue weighted by atomic mass is 32.1. The molecule has 1 rings (SSSR count). The Kier molecular flexibility index (Phi) is 4.32. The Morgan fingerprint density at radius 3 is 1.94 bits per heavy atom. The van der Waals surface area contributed by atoms with Gasteiger partial charge in [-0.1, -0.05) is 47.6 Å². The number of thiol groups is 1. The Morgan fingerprint density at radius 1 is 1.06 bits per heavy atom. The van der Waals surface area contributed by atoms with E-state index in [0.717, 1.165) is 6.42 Å². The van der Waals surface area contributed by atoms with Crippen LogP contribution in [0.3, 0.4) is 0 Å². The summed E-state index contributed by atoms with van der Waals surface area (Å²) in [6.45, 7) is 13.1. The van der Waals surface area contributed by atoms with Crippen LogP contribution in [0.25, 0.3) is 0 Å². The molecular formula is C16H24OS. The molecule has 0 radical (unpaired) electrons. The molecular weight excluding hydrogens is 240 g/mol. The van der Waals surface area contributed by atoms with Crippen molar-refractivity contribution < 1.29 is 4.79 Å². The van der Waals surface area contributed by atoms with Crippen LogP contribution in [0.1, 0.15) is 69.4 Å². The molecule has 0 atom stereocenters. The fraction of sp³-hybridized carbons (Fsp3) is 0.562. The summed E-state index contributed by atoms with van der Waals surface area (Å²) in [6.07, 6.45) is 1.04. The smallest absolute Gasteiger partial charge is 0.216 e. The van der Waals surface area contributed by atoms with Crippen molar-refractivity contribution in [2.75, 3.05) is 0 Å². The Morgan fingerprint density at radius 2 is 1.56 bits per heavy atom. The minimum atomic E-state index is -0.158. The standard InChI is InChI=1S/C16H24OS/c1-7-16(5,6)13-9-11(14(17)18)8-12(10-13)15(2,3)4/h8-10H,7H2,1-6H3,(H,17,18). The van der Waals surface area contributed by atoms with Gasteiger partial charge in [-0.2, -0.15) is 0 Å². The maximum absolute atomic E-state index is 11.6. The quantitative estimate of drug-likeness (QED) is 0.780. The summed E-state index contributed by atoms with van der Waals surface area (Å²) in [4.78, 5) is 11.6. The van der Waals surface area contributed by atoms with E-state index in [1.165, 1.54) is 11.1 Å². The first-order valence-electron chi connectivity index (χ1n) is 6.47. The minimum Gasteiger partial charge on any atom is -0.282 e. The second-order valence-electron chi connectivity index (χ2n) is 6.59. The van der Waals surface area contributed by atoms with Crippen LogP contribution in [0.4, 0.5) is 0 Å². The molecule has 1 nitrogen and oxygen atoms in total. The van der Waals surface area contributed by atoms with Crippen molar-refractivity contribution in [3.05, 3.63) is 34.9 Å². The zero-order chi connectivity index (χ0) is 14.1. The minimum absolute atomic E-state index is 0.0395. The predicted molar refractivity (Wildman–Crippen MR) is 81.8 cm³/mol. The molecule has 0 aliphatic carbocycles. The normalized spacial score (nSPS) is 12.6. The Hall–Kier alpha value is -0.760. The number of carbonyl (C=O) groups is 1. The van der Waals surface area contributed by atoms with Gasteiger partial charge in [-0.05, 0) is 40.5 Å². The third kappa shape index (κ3) is 3.38. The van der Waals surface area contributed by atoms with Gasteiger partial charge in [0.15, 0.2) is 0 Å². The maximum Gasteiger partial charge on any atom is 0.216 e. The van der Waals surface area contributed by atoms with E-state index in [2.05, 4.69) is 60.2 Å². The third-order valence-corrected chi connectivity index (χ3v) is 3.97. The van der Waals surface area contributed by atoms with E-state index >= 15 is 0 Å². The van der Waals surface area contributed by atoms with Crippen LogP contribution in [0, 0.1) is 0 Å². The second-order valence-corrected chi connectivity index (χ2v) is 7.00. The molecule has 0 aromatic heterocycles. The summed E-state index contributed by atoms with van der Waals surface area (Å²) in [7, 11) is 0. The molecule has 18 heavy (non-hydrogen) atoms. The van der Waals surface area contributed by atoms with Crippen LogP contribution in [-0.2, 0) is 10.8 Å². The van der Waals surface area contributed by atoms with Gasteiger partial charge in [0.2, 0.25) is 5.12 Å². The van der Waals surface area contributed by atoms with Gasteiger partial charge >= 0.3 is 0 Å². The van der Waals surface area contributed by atoms with E-state index in [4.69, 9.17) is 0 Å². The first kappa shape index (κ1) is 15.3. The van der Waals surface area contributed by atoms with E-state index in [1.54, 1.807) is 0 Å². The summed E-state index contributed by atoms with van der Waals surface area (Å²) in [6, 6.07) is 6.17. The largest absolute Gasteiger partial charge is 0.282 e. The summed E-state index contributed by atoms with van der Waals surface area (Å²) in [5, 5.41) is -0.158. The number of hydrogen-bond acceptors (Lipinski definition) is 1. The van der Waals surface area contributed by atoms with Gasteiger partial charge < -0.3 is 0 Å². The predicted octanol–water partition coefficient (Wildman–Crippen LogP) is 4.74. The van der Waals surface area contributed by atoms with Gasteiger partial charge in [0.1, 0.15) is 0 Å². The van der Waals surface area contributed by atoms with Gasteiger partial charge in [0, 0.05) is 5.56 Å². The molecule has 0 bridgehead atoms. The lowest BCUT2D eigenvalue weighted by molar-refractivity contribution is 0.109. The molecule has 0 N–H and O–H groups in total. The zero-order valence-corrected chi connectivity index (χ0v) is 13.2. The molecule has 0 heterocycles. The molecule has 0 saturated heterocycles. The van der Waals surface area contributed by atoms with Gasteiger partial charge in [-0.15, -0.1) is 12.6 Å². The summed E-state index contributed by atoms with van der Waals surface area (Å²) >= 11 is 3.96. The van der Waals surface area contributed by atoms with Gasteiger partial charge in [-0.3, -0.25) is 4.79 Å². The Bertz CT molecular complexity index is 453. The van der Waals surface area contributed by atoms with Crippen molar-refractivity contribution in [3.8, 4) is 0 Å². The van der Waals surface area contributed by atoms with E-state index in [1.807, 2.05) is 12.1 Å². The number of carbonyl (C=O) groups excluding carboxylic acids is 1. The summed E-state index contributed by atoms with van der Waals surface area (Å²) < 4.78 is 0. The maximum atomic E-state index is 11.6. The van der Waals surface area contributed by atoms with Gasteiger partial charge in [0.25, 0.3) is 0 Å². The van der Waals surface area contributed by atoms with Crippen LogP contribution >= 0.6 is 12.6 Å². The van der Waals surface area contributed by atoms with Crippen LogP contribution in [0.15, 0.2) is 18.2 Å². The number of rotatable bonds is 3. The van der Waals surface area contributed by atoms with Crippen molar-refractivity contribution in [1.82, 2.24) is 0 Å². The van der Waals surface area contributed by atoms with Crippen molar-refractivity contribution in [1.29, 1.82) is 0 Å². The molecule has 2 heteroatoms. The first-order valence-corrected chi connectivity index (χ1v) is 6.92. The Labute approximate surface area is 116 Å². The molecule has 0 fully saturated rings. The SMILES string of the molecule is CCC(C)(C)c1cc(C(=O)S)cc(C(C)(C)C)c1. The average Bonchev–Trinajstić information content (AvgIpc) is 2.27. The number of hydrogen-bond donors (Lipinski definition) is 1. The van der Waals surface area contributed by atoms with Crippen LogP contribution < -0.4 is 0 Å². The summed E-state index contributed by atoms with van der Waals surface area (Å²) in [5.74, 6) is 0. The monoisotopic (exact) mass is 264 g/mol. The molecule has 0 spiro atoms. The lowest BCUT2D eigenvalue weighted by Gasteiger charge is -2.27. The van der Waals surface area contributed by atoms with Gasteiger partial charge in [-0.25, -0.2) is 0 Å². The van der Waals surface area contributed by atoms with E-state index in [9.17, 15) is 4.79 Å². The topological polar surface area (TPSA) is 17.1 Å². The van der Waals surface area contributed by atoms with Crippen LogP contribution in [0.5, 0.6) is 0 Å². The molecule has 0 saturated carbocycles. The fourth-order valence-electron chi connectivity index (χ4n) is 1.78. The summed E-state index contributed by atoms with van der Waals surface area (Å²) in [5.41, 5.74) is 3.23. The second kappa shape index (κ2) is 5.08. The zero-order valence-electron chi connectivity index (χ0n) is 12.3. The fourth-order valence-corrected chi connectivity index (χ4v) is 1.91. The average molecular weight is 264 g/mol. The Balaban J connectivity index is 3.46. The molecule has 1 aromatic carbocycles. The third-order valence-electron chi connectivity index (χ3n) is 3.71. The molecule has 100 valence electrons. The van der Waals surface area contributed by atoms with Crippen LogP contribution in [-0.4, -0.2) is 5.12 Å². The lowest BCUT2D eigenvalue weighted by Crippen LogP contribution is -2.19. The highest BCUT2D eigenvalue weighted by Crippen LogP contribution is 2.32. The molecule has 0 amide bonds. The van der Waals surface area contributed by atoms with E-state index < -0.39 is 0 Å². The lowest BCUT2D eigenvalue weighted by atomic mass is 9.77. The highest BCUT2D eigenvalue weighted by Gasteiger charge is 2.23.